The minimum atomic E-state index is -4.73. The molecule has 3 atom stereocenters. The van der Waals surface area contributed by atoms with Crippen LogP contribution in [-0.2, 0) is 32.7 Å². The van der Waals surface area contributed by atoms with Crippen molar-refractivity contribution >= 4 is 25.7 Å². The Bertz CT molecular complexity index is 807. The number of carbonyl (C=O) groups is 3. The summed E-state index contributed by atoms with van der Waals surface area (Å²) in [4.78, 5) is 45.3. The van der Waals surface area contributed by atoms with E-state index in [4.69, 9.17) is 13.8 Å². The van der Waals surface area contributed by atoms with Gasteiger partial charge in [0.05, 0.1) is 13.2 Å². The van der Waals surface area contributed by atoms with Gasteiger partial charge in [-0.15, -0.1) is 0 Å². The van der Waals surface area contributed by atoms with Gasteiger partial charge in [0.2, 0.25) is 5.91 Å². The van der Waals surface area contributed by atoms with Crippen LogP contribution in [0.15, 0.2) is 12.2 Å². The summed E-state index contributed by atoms with van der Waals surface area (Å²) in [5.41, 5.74) is 0. The van der Waals surface area contributed by atoms with Crippen LogP contribution in [0.2, 0.25) is 0 Å². The van der Waals surface area contributed by atoms with E-state index in [1.165, 1.54) is 38.5 Å². The number of ether oxygens (including phenoxy) is 1. The fraction of sp³-hybridized carbons (Fsp3) is 0.839. The van der Waals surface area contributed by atoms with Gasteiger partial charge in [-0.25, -0.2) is 9.36 Å². The number of allylic oxidation sites excluding steroid dienone is 2. The monoisotopic (exact) mass is 635 g/mol. The number of phosphoric acid groups is 1. The number of aliphatic hydroxyl groups is 1. The Kier molecular flexibility index (Phi) is 26.6. The number of aliphatic carboxylic acids is 1. The summed E-state index contributed by atoms with van der Waals surface area (Å²) in [6, 6.07) is -1.54. The van der Waals surface area contributed by atoms with Crippen molar-refractivity contribution in [1.82, 2.24) is 5.32 Å². The molecular weight excluding hydrogens is 577 g/mol. The molecule has 252 valence electrons. The van der Waals surface area contributed by atoms with Crippen molar-refractivity contribution in [2.24, 2.45) is 0 Å². The van der Waals surface area contributed by atoms with Crippen LogP contribution in [0.4, 0.5) is 0 Å². The summed E-state index contributed by atoms with van der Waals surface area (Å²) in [5, 5.41) is 21.6. The molecule has 43 heavy (non-hydrogen) atoms. The molecule has 0 saturated heterocycles. The number of carbonyl (C=O) groups excluding carboxylic acids is 2. The maximum Gasteiger partial charge on any atom is 0.472 e. The van der Waals surface area contributed by atoms with Crippen molar-refractivity contribution < 1.29 is 47.8 Å². The van der Waals surface area contributed by atoms with E-state index in [0.29, 0.717) is 12.8 Å². The van der Waals surface area contributed by atoms with Gasteiger partial charge >= 0.3 is 19.8 Å². The zero-order valence-electron chi connectivity index (χ0n) is 26.5. The maximum atomic E-state index is 12.2. The van der Waals surface area contributed by atoms with Crippen molar-refractivity contribution in [2.75, 3.05) is 19.8 Å². The normalized spacial score (nSPS) is 14.3. The number of esters is 1. The second-order valence-corrected chi connectivity index (χ2v) is 12.5. The number of carboxylic acid groups (broad SMARTS) is 1. The van der Waals surface area contributed by atoms with Crippen molar-refractivity contribution in [2.45, 2.75) is 148 Å². The molecule has 0 spiro atoms. The SMILES string of the molecule is CCCCC/C=C\CCCCCCCC(=O)NC(COP(=O)(O)OCC(O)COC(=O)CCCCCCCCC)C(=O)O. The lowest BCUT2D eigenvalue weighted by atomic mass is 10.1. The van der Waals surface area contributed by atoms with E-state index < -0.39 is 57.6 Å². The third-order valence-electron chi connectivity index (χ3n) is 6.80. The topological polar surface area (TPSA) is 169 Å². The quantitative estimate of drug-likeness (QED) is 0.0292. The van der Waals surface area contributed by atoms with Crippen LogP contribution in [0, 0.1) is 0 Å². The molecule has 0 radical (unpaired) electrons. The van der Waals surface area contributed by atoms with Gasteiger partial charge < -0.3 is 25.2 Å². The van der Waals surface area contributed by atoms with E-state index in [0.717, 1.165) is 57.8 Å². The Balaban J connectivity index is 4.07. The molecule has 0 aromatic carbocycles. The third-order valence-corrected chi connectivity index (χ3v) is 7.76. The van der Waals surface area contributed by atoms with Crippen molar-refractivity contribution in [3.63, 3.8) is 0 Å². The van der Waals surface area contributed by atoms with Gasteiger partial charge in [0.25, 0.3) is 0 Å². The number of hydrogen-bond acceptors (Lipinski definition) is 8. The van der Waals surface area contributed by atoms with Crippen molar-refractivity contribution in [3.8, 4) is 0 Å². The Morgan fingerprint density at radius 2 is 1.21 bits per heavy atom. The molecule has 3 unspecified atom stereocenters. The molecule has 0 aliphatic rings. The van der Waals surface area contributed by atoms with Gasteiger partial charge in [0.15, 0.2) is 6.04 Å². The first-order valence-corrected chi connectivity index (χ1v) is 17.7. The summed E-state index contributed by atoms with van der Waals surface area (Å²) >= 11 is 0. The van der Waals surface area contributed by atoms with E-state index in [2.05, 4.69) is 31.3 Å². The summed E-state index contributed by atoms with van der Waals surface area (Å²) in [7, 11) is -4.73. The maximum absolute atomic E-state index is 12.2. The van der Waals surface area contributed by atoms with Crippen LogP contribution in [0.25, 0.3) is 0 Å². The standard InChI is InChI=1S/C31H58NO10P/c1-3-5-7-9-11-12-13-14-15-17-18-20-22-29(34)32-28(31(36)37)26-42-43(38,39)41-25-27(33)24-40-30(35)23-21-19-16-10-8-6-4-2/h11-12,27-28,33H,3-10,13-26H2,1-2H3,(H,32,34)(H,36,37)(H,38,39)/b12-11-. The summed E-state index contributed by atoms with van der Waals surface area (Å²) in [6.45, 7) is 2.45. The number of unbranched alkanes of at least 4 members (excludes halogenated alkanes) is 14. The second-order valence-electron chi connectivity index (χ2n) is 11.0. The molecule has 1 amide bonds. The number of nitrogens with one attached hydrogen (secondary N) is 1. The molecule has 0 saturated carbocycles. The number of amides is 1. The number of carboxylic acids is 1. The van der Waals surface area contributed by atoms with Gasteiger partial charge in [-0.3, -0.25) is 18.6 Å². The Labute approximate surface area is 258 Å². The van der Waals surface area contributed by atoms with Crippen LogP contribution in [0.5, 0.6) is 0 Å². The molecule has 0 fully saturated rings. The summed E-state index contributed by atoms with van der Waals surface area (Å²) < 4.78 is 26.5. The molecule has 0 aliphatic heterocycles. The molecule has 0 bridgehead atoms. The van der Waals surface area contributed by atoms with Crippen LogP contribution in [-0.4, -0.2) is 64.9 Å². The second kappa shape index (κ2) is 27.7. The first-order valence-electron chi connectivity index (χ1n) is 16.2. The predicted octanol–water partition coefficient (Wildman–Crippen LogP) is 6.60. The number of rotatable bonds is 30. The Morgan fingerprint density at radius 3 is 1.81 bits per heavy atom. The van der Waals surface area contributed by atoms with Crippen molar-refractivity contribution in [3.05, 3.63) is 12.2 Å². The van der Waals surface area contributed by atoms with E-state index in [1.807, 2.05) is 0 Å². The molecule has 11 nitrogen and oxygen atoms in total. The van der Waals surface area contributed by atoms with Gasteiger partial charge in [-0.2, -0.15) is 0 Å². The number of aliphatic hydroxyl groups excluding tert-OH is 1. The predicted molar refractivity (Wildman–Crippen MR) is 166 cm³/mol. The van der Waals surface area contributed by atoms with Gasteiger partial charge in [0.1, 0.15) is 12.7 Å². The van der Waals surface area contributed by atoms with E-state index >= 15 is 0 Å². The molecule has 0 heterocycles. The molecule has 12 heteroatoms. The molecule has 0 aromatic rings. The van der Waals surface area contributed by atoms with Crippen LogP contribution < -0.4 is 5.32 Å². The highest BCUT2D eigenvalue weighted by atomic mass is 31.2. The molecule has 4 N–H and O–H groups in total. The molecular formula is C31H58NO10P. The molecule has 0 aromatic heterocycles. The van der Waals surface area contributed by atoms with Crippen molar-refractivity contribution in [1.29, 1.82) is 0 Å². The fourth-order valence-corrected chi connectivity index (χ4v) is 4.96. The summed E-state index contributed by atoms with van der Waals surface area (Å²) in [5.74, 6) is -2.39. The third kappa shape index (κ3) is 27.5. The highest BCUT2D eigenvalue weighted by Gasteiger charge is 2.28. The van der Waals surface area contributed by atoms with E-state index in [-0.39, 0.29) is 12.8 Å². The van der Waals surface area contributed by atoms with Crippen LogP contribution in [0.1, 0.15) is 136 Å². The lowest BCUT2D eigenvalue weighted by Gasteiger charge is -2.18. The molecule has 0 aliphatic carbocycles. The van der Waals surface area contributed by atoms with E-state index in [9.17, 15) is 34.1 Å². The first-order chi connectivity index (χ1) is 20.6. The summed E-state index contributed by atoms with van der Waals surface area (Å²) in [6.07, 6.45) is 21.4. The van der Waals surface area contributed by atoms with Gasteiger partial charge in [-0.05, 0) is 38.5 Å². The lowest BCUT2D eigenvalue weighted by molar-refractivity contribution is -0.147. The fourth-order valence-electron chi connectivity index (χ4n) is 4.19. The Hall–Kier alpha value is -1.78. The number of hydrogen-bond donors (Lipinski definition) is 4. The lowest BCUT2D eigenvalue weighted by Crippen LogP contribution is -2.43. The highest BCUT2D eigenvalue weighted by molar-refractivity contribution is 7.47. The molecule has 0 rings (SSSR count). The highest BCUT2D eigenvalue weighted by Crippen LogP contribution is 2.43. The number of phosphoric ester groups is 1. The smallest absolute Gasteiger partial charge is 0.472 e. The average Bonchev–Trinajstić information content (AvgIpc) is 2.97. The zero-order valence-corrected chi connectivity index (χ0v) is 27.4. The van der Waals surface area contributed by atoms with Gasteiger partial charge in [-0.1, -0.05) is 96.6 Å². The average molecular weight is 636 g/mol. The van der Waals surface area contributed by atoms with Gasteiger partial charge in [0, 0.05) is 12.8 Å². The Morgan fingerprint density at radius 1 is 0.721 bits per heavy atom. The largest absolute Gasteiger partial charge is 0.480 e. The van der Waals surface area contributed by atoms with Crippen LogP contribution >= 0.6 is 7.82 Å². The zero-order chi connectivity index (χ0) is 32.2. The minimum absolute atomic E-state index is 0.137. The minimum Gasteiger partial charge on any atom is -0.480 e. The first kappa shape index (κ1) is 41.2. The van der Waals surface area contributed by atoms with E-state index in [1.54, 1.807) is 0 Å². The van der Waals surface area contributed by atoms with Crippen LogP contribution in [0.3, 0.4) is 0 Å².